The molecule has 4 heterocycles. The lowest BCUT2D eigenvalue weighted by Crippen LogP contribution is -2.48. The molecule has 2 saturated heterocycles. The topological polar surface area (TPSA) is 76.3 Å². The Kier molecular flexibility index (Phi) is 7.11. The number of aromatic nitrogens is 3. The van der Waals surface area contributed by atoms with Crippen LogP contribution in [0, 0.1) is 13.8 Å². The fourth-order valence-corrected chi connectivity index (χ4v) is 5.48. The molecule has 5 rings (SSSR count). The molecule has 2 aliphatic heterocycles. The Labute approximate surface area is 212 Å². The number of aryl methyl sites for hydroxylation is 2. The summed E-state index contributed by atoms with van der Waals surface area (Å²) in [5.74, 6) is 1.44. The first-order valence-corrected chi connectivity index (χ1v) is 12.6. The van der Waals surface area contributed by atoms with E-state index in [9.17, 15) is 13.2 Å². The second kappa shape index (κ2) is 10.1. The van der Waals surface area contributed by atoms with E-state index in [-0.39, 0.29) is 10.6 Å². The number of ether oxygens (including phenoxy) is 1. The molecule has 2 aromatic heterocycles. The molecule has 0 saturated carbocycles. The van der Waals surface area contributed by atoms with Gasteiger partial charge in [-0.25, -0.2) is 4.98 Å². The van der Waals surface area contributed by atoms with Crippen LogP contribution in [0.25, 0.3) is 22.4 Å². The predicted octanol–water partition coefficient (Wildman–Crippen LogP) is 5.40. The summed E-state index contributed by atoms with van der Waals surface area (Å²) < 4.78 is 50.3. The van der Waals surface area contributed by atoms with Crippen molar-refractivity contribution in [1.29, 1.82) is 0 Å². The number of anilines is 1. The van der Waals surface area contributed by atoms with Crippen LogP contribution < -0.4 is 10.2 Å². The van der Waals surface area contributed by atoms with Crippen LogP contribution in [-0.4, -0.2) is 59.7 Å². The van der Waals surface area contributed by atoms with Crippen LogP contribution in [-0.2, 0) is 11.2 Å². The van der Waals surface area contributed by atoms with Crippen LogP contribution in [0.4, 0.5) is 19.0 Å². The highest BCUT2D eigenvalue weighted by atomic mass is 35.5. The fourth-order valence-electron chi connectivity index (χ4n) is 5.19. The Balaban J connectivity index is 1.49. The second-order valence-corrected chi connectivity index (χ2v) is 10.1. The Morgan fingerprint density at radius 1 is 1.06 bits per heavy atom. The van der Waals surface area contributed by atoms with Gasteiger partial charge in [0.15, 0.2) is 5.82 Å². The molecule has 3 aromatic rings. The first-order valence-electron chi connectivity index (χ1n) is 12.3. The third-order valence-corrected chi connectivity index (χ3v) is 7.26. The van der Waals surface area contributed by atoms with Gasteiger partial charge < -0.3 is 19.5 Å². The fraction of sp³-hybridized carbons (Fsp3) is 0.560. The number of nitrogens with zero attached hydrogens (tertiary/aromatic N) is 4. The van der Waals surface area contributed by atoms with Gasteiger partial charge in [-0.2, -0.15) is 18.2 Å². The first kappa shape index (κ1) is 25.2. The van der Waals surface area contributed by atoms with Crippen molar-refractivity contribution >= 4 is 28.3 Å². The largest absolute Gasteiger partial charge is 0.393 e. The van der Waals surface area contributed by atoms with Crippen molar-refractivity contribution in [2.75, 3.05) is 31.2 Å². The van der Waals surface area contributed by atoms with E-state index in [0.29, 0.717) is 51.6 Å². The average molecular weight is 524 g/mol. The van der Waals surface area contributed by atoms with Gasteiger partial charge in [-0.15, -0.1) is 0 Å². The van der Waals surface area contributed by atoms with Crippen LogP contribution in [0.1, 0.15) is 42.6 Å². The first-order chi connectivity index (χ1) is 17.2. The quantitative estimate of drug-likeness (QED) is 0.480. The number of halogens is 4. The third kappa shape index (κ3) is 5.45. The van der Waals surface area contributed by atoms with Crippen molar-refractivity contribution in [3.63, 3.8) is 0 Å². The lowest BCUT2D eigenvalue weighted by molar-refractivity contribution is -0.127. The van der Waals surface area contributed by atoms with Crippen molar-refractivity contribution in [1.82, 2.24) is 20.4 Å². The van der Waals surface area contributed by atoms with E-state index in [1.165, 1.54) is 12.1 Å². The van der Waals surface area contributed by atoms with Crippen molar-refractivity contribution in [3.05, 3.63) is 34.1 Å². The zero-order chi connectivity index (χ0) is 25.4. The highest BCUT2D eigenvalue weighted by Crippen LogP contribution is 2.40. The molecule has 36 heavy (non-hydrogen) atoms. The lowest BCUT2D eigenvalue weighted by atomic mass is 9.98. The summed E-state index contributed by atoms with van der Waals surface area (Å²) in [6, 6.07) is 3.76. The molecular formula is C25H29ClF3N5O2. The van der Waals surface area contributed by atoms with Gasteiger partial charge in [0.05, 0.1) is 22.5 Å². The third-order valence-electron chi connectivity index (χ3n) is 6.98. The van der Waals surface area contributed by atoms with Crippen molar-refractivity contribution in [2.45, 2.75) is 64.2 Å². The minimum atomic E-state index is -4.34. The van der Waals surface area contributed by atoms with Gasteiger partial charge in [0.25, 0.3) is 5.89 Å². The van der Waals surface area contributed by atoms with E-state index in [2.05, 4.69) is 20.4 Å². The summed E-state index contributed by atoms with van der Waals surface area (Å²) in [4.78, 5) is 11.5. The highest BCUT2D eigenvalue weighted by molar-refractivity contribution is 6.35. The summed E-state index contributed by atoms with van der Waals surface area (Å²) >= 11 is 6.49. The number of benzene rings is 1. The van der Waals surface area contributed by atoms with E-state index >= 15 is 0 Å². The molecule has 194 valence electrons. The van der Waals surface area contributed by atoms with Gasteiger partial charge in [0.2, 0.25) is 0 Å². The zero-order valence-electron chi connectivity index (χ0n) is 20.3. The molecule has 0 bridgehead atoms. The molecule has 2 aliphatic rings. The standard InChI is InChI=1S/C25H29ClF3N5O2/c1-14-19-11-16(13-25(27,28)29)12-20(26)22(19)32-23(21(14)24-30-15(2)33-36-24)34-7-3-17(4-8-34)31-18-5-9-35-10-6-18/h11-12,17-18,31H,3-10,13H2,1-2H3. The molecule has 0 unspecified atom stereocenters. The maximum Gasteiger partial charge on any atom is 0.393 e. The molecule has 0 radical (unpaired) electrons. The van der Waals surface area contributed by atoms with Gasteiger partial charge in [-0.3, -0.25) is 0 Å². The van der Waals surface area contributed by atoms with E-state index in [0.717, 1.165) is 52.0 Å². The maximum atomic E-state index is 13.1. The number of hydrogen-bond acceptors (Lipinski definition) is 7. The molecule has 0 spiro atoms. The minimum Gasteiger partial charge on any atom is -0.381 e. The van der Waals surface area contributed by atoms with Crippen molar-refractivity contribution in [2.24, 2.45) is 0 Å². The van der Waals surface area contributed by atoms with Crippen LogP contribution in [0.15, 0.2) is 16.7 Å². The number of alkyl halides is 3. The van der Waals surface area contributed by atoms with Crippen molar-refractivity contribution < 1.29 is 22.4 Å². The molecule has 11 heteroatoms. The van der Waals surface area contributed by atoms with E-state index in [1.54, 1.807) is 6.92 Å². The summed E-state index contributed by atoms with van der Waals surface area (Å²) in [5, 5.41) is 8.45. The van der Waals surface area contributed by atoms with Crippen LogP contribution in [0.2, 0.25) is 5.02 Å². The Hall–Kier alpha value is -2.43. The minimum absolute atomic E-state index is 0.0883. The summed E-state index contributed by atoms with van der Waals surface area (Å²) in [6.45, 7) is 6.70. The second-order valence-electron chi connectivity index (χ2n) is 9.66. The predicted molar refractivity (Wildman–Crippen MR) is 131 cm³/mol. The Morgan fingerprint density at radius 2 is 1.75 bits per heavy atom. The number of pyridine rings is 1. The monoisotopic (exact) mass is 523 g/mol. The number of rotatable bonds is 5. The Morgan fingerprint density at radius 3 is 2.39 bits per heavy atom. The molecule has 7 nitrogen and oxygen atoms in total. The van der Waals surface area contributed by atoms with Gasteiger partial charge in [-0.1, -0.05) is 16.8 Å². The SMILES string of the molecule is Cc1noc(-c2c(N3CCC(NC4CCOCC4)CC3)nc3c(Cl)cc(CC(F)(F)F)cc3c2C)n1. The van der Waals surface area contributed by atoms with E-state index in [1.807, 2.05) is 6.92 Å². The van der Waals surface area contributed by atoms with Gasteiger partial charge in [0.1, 0.15) is 5.82 Å². The molecule has 0 atom stereocenters. The Bertz CT molecular complexity index is 1230. The molecule has 0 aliphatic carbocycles. The highest BCUT2D eigenvalue weighted by Gasteiger charge is 2.31. The van der Waals surface area contributed by atoms with Crippen LogP contribution in [0.5, 0.6) is 0 Å². The van der Waals surface area contributed by atoms with Crippen LogP contribution >= 0.6 is 11.6 Å². The summed E-state index contributed by atoms with van der Waals surface area (Å²) in [6.07, 6.45) is -1.46. The maximum absolute atomic E-state index is 13.1. The normalized spacial score (nSPS) is 18.3. The summed E-state index contributed by atoms with van der Waals surface area (Å²) in [7, 11) is 0. The number of piperidine rings is 1. The van der Waals surface area contributed by atoms with Crippen LogP contribution in [0.3, 0.4) is 0 Å². The molecule has 1 N–H and O–H groups in total. The smallest absolute Gasteiger partial charge is 0.381 e. The van der Waals surface area contributed by atoms with Gasteiger partial charge >= 0.3 is 6.18 Å². The summed E-state index contributed by atoms with van der Waals surface area (Å²) in [5.41, 5.74) is 1.91. The molecule has 0 amide bonds. The number of fused-ring (bicyclic) bond motifs is 1. The zero-order valence-corrected chi connectivity index (χ0v) is 21.0. The number of nitrogens with one attached hydrogen (secondary N) is 1. The molecule has 2 fully saturated rings. The van der Waals surface area contributed by atoms with E-state index < -0.39 is 12.6 Å². The number of hydrogen-bond donors (Lipinski definition) is 1. The lowest BCUT2D eigenvalue weighted by Gasteiger charge is -2.37. The van der Waals surface area contributed by atoms with Gasteiger partial charge in [-0.05, 0) is 62.8 Å². The van der Waals surface area contributed by atoms with Crippen molar-refractivity contribution in [3.8, 4) is 11.5 Å². The van der Waals surface area contributed by atoms with Gasteiger partial charge in [0, 0.05) is 43.8 Å². The average Bonchev–Trinajstić information content (AvgIpc) is 3.25. The van der Waals surface area contributed by atoms with E-state index in [4.69, 9.17) is 25.8 Å². The molecule has 1 aromatic carbocycles. The molecular weight excluding hydrogens is 495 g/mol.